The van der Waals surface area contributed by atoms with Gasteiger partial charge in [0.2, 0.25) is 0 Å². The summed E-state index contributed by atoms with van der Waals surface area (Å²) >= 11 is 6.22. The highest BCUT2D eigenvalue weighted by atomic mass is 35.5. The summed E-state index contributed by atoms with van der Waals surface area (Å²) in [5.74, 6) is 0.518. The topological polar surface area (TPSA) is 32.3 Å². The minimum atomic E-state index is -0.0446. The molecule has 1 saturated heterocycles. The van der Waals surface area contributed by atoms with Crippen LogP contribution >= 0.6 is 11.6 Å². The molecule has 0 spiro atoms. The minimum absolute atomic E-state index is 0.0446. The molecule has 18 heavy (non-hydrogen) atoms. The molecule has 98 valence electrons. The highest BCUT2D eigenvalue weighted by Gasteiger charge is 2.18. The van der Waals surface area contributed by atoms with Crippen molar-refractivity contribution in [3.05, 3.63) is 34.3 Å². The van der Waals surface area contributed by atoms with E-state index in [0.717, 1.165) is 25.9 Å². The third-order valence-electron chi connectivity index (χ3n) is 3.44. The van der Waals surface area contributed by atoms with Crippen LogP contribution in [0.2, 0.25) is 5.02 Å². The highest BCUT2D eigenvalue weighted by molar-refractivity contribution is 6.33. The molecule has 1 aromatic rings. The Labute approximate surface area is 113 Å². The first-order valence-corrected chi connectivity index (χ1v) is 6.69. The summed E-state index contributed by atoms with van der Waals surface area (Å²) < 4.78 is 0. The monoisotopic (exact) mass is 266 g/mol. The summed E-state index contributed by atoms with van der Waals surface area (Å²) in [7, 11) is 3.47. The number of piperidine rings is 1. The molecule has 1 aromatic carbocycles. The maximum Gasteiger partial charge on any atom is 0.254 e. The Balaban J connectivity index is 2.21. The number of halogens is 1. The zero-order valence-electron chi connectivity index (χ0n) is 10.9. The van der Waals surface area contributed by atoms with E-state index in [1.165, 1.54) is 5.56 Å². The minimum Gasteiger partial charge on any atom is -0.345 e. The predicted molar refractivity (Wildman–Crippen MR) is 74.3 cm³/mol. The van der Waals surface area contributed by atoms with Crippen molar-refractivity contribution in [3.8, 4) is 0 Å². The highest BCUT2D eigenvalue weighted by Crippen LogP contribution is 2.29. The number of carbonyl (C=O) groups is 1. The first-order chi connectivity index (χ1) is 8.59. The van der Waals surface area contributed by atoms with E-state index < -0.39 is 0 Å². The van der Waals surface area contributed by atoms with Gasteiger partial charge in [0.15, 0.2) is 0 Å². The Bertz CT molecular complexity index is 439. The van der Waals surface area contributed by atoms with Crippen molar-refractivity contribution in [3.63, 3.8) is 0 Å². The quantitative estimate of drug-likeness (QED) is 0.892. The SMILES string of the molecule is CN(C)C(=O)c1ccc(C2CCNCC2)cc1Cl. The molecule has 0 aliphatic carbocycles. The molecule has 2 rings (SSSR count). The first kappa shape index (κ1) is 13.4. The smallest absolute Gasteiger partial charge is 0.254 e. The number of hydrogen-bond donors (Lipinski definition) is 1. The van der Waals surface area contributed by atoms with Crippen molar-refractivity contribution in [2.24, 2.45) is 0 Å². The Morgan fingerprint density at radius 3 is 2.56 bits per heavy atom. The second-order valence-electron chi connectivity index (χ2n) is 4.96. The van der Waals surface area contributed by atoms with Gasteiger partial charge in [-0.1, -0.05) is 17.7 Å². The zero-order chi connectivity index (χ0) is 13.1. The molecule has 0 bridgehead atoms. The molecule has 1 fully saturated rings. The molecule has 1 amide bonds. The largest absolute Gasteiger partial charge is 0.345 e. The van der Waals surface area contributed by atoms with E-state index in [9.17, 15) is 4.79 Å². The lowest BCUT2D eigenvalue weighted by Gasteiger charge is -2.23. The number of amides is 1. The number of benzene rings is 1. The molecule has 3 nitrogen and oxygen atoms in total. The van der Waals surface area contributed by atoms with Gasteiger partial charge in [0.05, 0.1) is 10.6 Å². The maximum absolute atomic E-state index is 11.9. The zero-order valence-corrected chi connectivity index (χ0v) is 11.6. The third-order valence-corrected chi connectivity index (χ3v) is 3.75. The van der Waals surface area contributed by atoms with Crippen molar-refractivity contribution >= 4 is 17.5 Å². The van der Waals surface area contributed by atoms with E-state index >= 15 is 0 Å². The van der Waals surface area contributed by atoms with Crippen molar-refractivity contribution in [1.29, 1.82) is 0 Å². The van der Waals surface area contributed by atoms with Gasteiger partial charge in [0.25, 0.3) is 5.91 Å². The van der Waals surface area contributed by atoms with Crippen LogP contribution in [0.1, 0.15) is 34.7 Å². The second-order valence-corrected chi connectivity index (χ2v) is 5.37. The van der Waals surface area contributed by atoms with Crippen molar-refractivity contribution in [2.75, 3.05) is 27.2 Å². The normalized spacial score (nSPS) is 16.6. The van der Waals surface area contributed by atoms with Crippen LogP contribution in [-0.2, 0) is 0 Å². The van der Waals surface area contributed by atoms with E-state index in [2.05, 4.69) is 5.32 Å². The molecular weight excluding hydrogens is 248 g/mol. The Kier molecular flexibility index (Phi) is 4.25. The van der Waals surface area contributed by atoms with Gasteiger partial charge in [0.1, 0.15) is 0 Å². The summed E-state index contributed by atoms with van der Waals surface area (Å²) in [6.07, 6.45) is 2.27. The number of nitrogens with zero attached hydrogens (tertiary/aromatic N) is 1. The van der Waals surface area contributed by atoms with E-state index in [0.29, 0.717) is 16.5 Å². The van der Waals surface area contributed by atoms with Crippen LogP contribution in [-0.4, -0.2) is 38.0 Å². The van der Waals surface area contributed by atoms with E-state index in [1.54, 1.807) is 19.0 Å². The standard InChI is InChI=1S/C14H19ClN2O/c1-17(2)14(18)12-4-3-11(9-13(12)15)10-5-7-16-8-6-10/h3-4,9-10,16H,5-8H2,1-2H3. The Morgan fingerprint density at radius 2 is 2.00 bits per heavy atom. The van der Waals surface area contributed by atoms with Gasteiger partial charge < -0.3 is 10.2 Å². The fourth-order valence-corrected chi connectivity index (χ4v) is 2.62. The van der Waals surface area contributed by atoms with Gasteiger partial charge in [-0.15, -0.1) is 0 Å². The first-order valence-electron chi connectivity index (χ1n) is 6.31. The molecule has 0 unspecified atom stereocenters. The van der Waals surface area contributed by atoms with Crippen LogP contribution in [0.3, 0.4) is 0 Å². The van der Waals surface area contributed by atoms with E-state index in [-0.39, 0.29) is 5.91 Å². The van der Waals surface area contributed by atoms with Gasteiger partial charge in [-0.25, -0.2) is 0 Å². The molecule has 1 aliphatic heterocycles. The summed E-state index contributed by atoms with van der Waals surface area (Å²) in [5.41, 5.74) is 1.83. The average molecular weight is 267 g/mol. The number of hydrogen-bond acceptors (Lipinski definition) is 2. The molecule has 1 N–H and O–H groups in total. The van der Waals surface area contributed by atoms with Crippen LogP contribution in [0.5, 0.6) is 0 Å². The van der Waals surface area contributed by atoms with Crippen molar-refractivity contribution in [1.82, 2.24) is 10.2 Å². The van der Waals surface area contributed by atoms with Crippen LogP contribution in [0.15, 0.2) is 18.2 Å². The second kappa shape index (κ2) is 5.72. The van der Waals surface area contributed by atoms with Gasteiger partial charge in [-0.2, -0.15) is 0 Å². The van der Waals surface area contributed by atoms with Gasteiger partial charge in [-0.3, -0.25) is 4.79 Å². The van der Waals surface area contributed by atoms with Crippen molar-refractivity contribution < 1.29 is 4.79 Å². The van der Waals surface area contributed by atoms with Crippen molar-refractivity contribution in [2.45, 2.75) is 18.8 Å². The lowest BCUT2D eigenvalue weighted by molar-refractivity contribution is 0.0828. The molecule has 0 aromatic heterocycles. The number of nitrogens with one attached hydrogen (secondary N) is 1. The predicted octanol–water partition coefficient (Wildman–Crippen LogP) is 2.51. The lowest BCUT2D eigenvalue weighted by Crippen LogP contribution is -2.26. The summed E-state index contributed by atoms with van der Waals surface area (Å²) in [6.45, 7) is 2.11. The van der Waals surface area contributed by atoms with Gasteiger partial charge in [0, 0.05) is 14.1 Å². The van der Waals surface area contributed by atoms with Crippen LogP contribution in [0.4, 0.5) is 0 Å². The molecule has 0 atom stereocenters. The molecule has 0 saturated carbocycles. The molecule has 0 radical (unpaired) electrons. The average Bonchev–Trinajstić information content (AvgIpc) is 2.38. The molecular formula is C14H19ClN2O. The van der Waals surface area contributed by atoms with Crippen LogP contribution < -0.4 is 5.32 Å². The summed E-state index contributed by atoms with van der Waals surface area (Å²) in [6, 6.07) is 5.84. The fourth-order valence-electron chi connectivity index (χ4n) is 2.35. The number of rotatable bonds is 2. The Morgan fingerprint density at radius 1 is 1.33 bits per heavy atom. The lowest BCUT2D eigenvalue weighted by atomic mass is 9.90. The van der Waals surface area contributed by atoms with E-state index in [4.69, 9.17) is 11.6 Å². The summed E-state index contributed by atoms with van der Waals surface area (Å²) in [4.78, 5) is 13.4. The molecule has 1 heterocycles. The van der Waals surface area contributed by atoms with E-state index in [1.807, 2.05) is 18.2 Å². The van der Waals surface area contributed by atoms with Gasteiger partial charge in [-0.05, 0) is 49.5 Å². The molecule has 1 aliphatic rings. The third kappa shape index (κ3) is 2.85. The Hall–Kier alpha value is -1.06. The summed E-state index contributed by atoms with van der Waals surface area (Å²) in [5, 5.41) is 3.91. The van der Waals surface area contributed by atoms with Crippen LogP contribution in [0.25, 0.3) is 0 Å². The van der Waals surface area contributed by atoms with Gasteiger partial charge >= 0.3 is 0 Å². The maximum atomic E-state index is 11.9. The molecule has 4 heteroatoms. The fraction of sp³-hybridized carbons (Fsp3) is 0.500. The number of carbonyl (C=O) groups excluding carboxylic acids is 1. The van der Waals surface area contributed by atoms with Crippen LogP contribution in [0, 0.1) is 0 Å².